The first kappa shape index (κ1) is 13.1. The van der Waals surface area contributed by atoms with E-state index in [1.807, 2.05) is 37.3 Å². The number of halogens is 3. The lowest BCUT2D eigenvalue weighted by molar-refractivity contribution is 0.458. The summed E-state index contributed by atoms with van der Waals surface area (Å²) in [6, 6.07) is 9.48. The summed E-state index contributed by atoms with van der Waals surface area (Å²) >= 11 is 10.2. The van der Waals surface area contributed by atoms with Crippen LogP contribution in [0, 0.1) is 6.92 Å². The number of pyridine rings is 1. The first-order chi connectivity index (χ1) is 8.06. The van der Waals surface area contributed by atoms with Crippen molar-refractivity contribution in [1.82, 2.24) is 4.98 Å². The summed E-state index contributed by atoms with van der Waals surface area (Å²) in [6.07, 6.45) is 0. The van der Waals surface area contributed by atoms with Gasteiger partial charge in [-0.2, -0.15) is 0 Å². The average molecular weight is 422 g/mol. The zero-order valence-electron chi connectivity index (χ0n) is 8.88. The van der Waals surface area contributed by atoms with Gasteiger partial charge in [0.15, 0.2) is 0 Å². The van der Waals surface area contributed by atoms with E-state index in [2.05, 4.69) is 52.8 Å². The highest BCUT2D eigenvalue weighted by Gasteiger charge is 2.05. The summed E-state index contributed by atoms with van der Waals surface area (Å²) < 4.78 is 8.55. The number of ether oxygens (including phenoxy) is 1. The molecule has 1 heterocycles. The second-order valence-electron chi connectivity index (χ2n) is 3.39. The maximum Gasteiger partial charge on any atom is 0.219 e. The number of rotatable bonds is 2. The molecule has 0 radical (unpaired) electrons. The predicted molar refractivity (Wildman–Crippen MR) is 78.6 cm³/mol. The zero-order valence-corrected chi connectivity index (χ0v) is 13.6. The number of benzene rings is 1. The smallest absolute Gasteiger partial charge is 0.219 e. The molecule has 0 unspecified atom stereocenters. The molecule has 2 rings (SSSR count). The van der Waals surface area contributed by atoms with Gasteiger partial charge in [0.05, 0.1) is 10.2 Å². The minimum absolute atomic E-state index is 0.578. The van der Waals surface area contributed by atoms with Crippen LogP contribution in [-0.4, -0.2) is 4.98 Å². The van der Waals surface area contributed by atoms with Crippen molar-refractivity contribution in [1.29, 1.82) is 0 Å². The molecule has 0 atom stereocenters. The van der Waals surface area contributed by atoms with Crippen LogP contribution in [0.4, 0.5) is 0 Å². The molecular weight excluding hydrogens is 414 g/mol. The highest BCUT2D eigenvalue weighted by atomic mass is 79.9. The van der Waals surface area contributed by atoms with Gasteiger partial charge in [0.2, 0.25) is 5.88 Å². The lowest BCUT2D eigenvalue weighted by Gasteiger charge is -2.08. The Morgan fingerprint density at radius 1 is 1.00 bits per heavy atom. The molecule has 2 nitrogen and oxygen atoms in total. The Morgan fingerprint density at radius 3 is 2.41 bits per heavy atom. The zero-order chi connectivity index (χ0) is 12.4. The fraction of sp³-hybridized carbons (Fsp3) is 0.0833. The van der Waals surface area contributed by atoms with Gasteiger partial charge in [0.1, 0.15) is 5.75 Å². The second-order valence-corrected chi connectivity index (χ2v) is 6.02. The Bertz CT molecular complexity index is 557. The SMILES string of the molecule is Cc1nc(Oc2ccc(Br)cc2Br)ccc1Br. The van der Waals surface area contributed by atoms with Crippen LogP contribution in [0.25, 0.3) is 0 Å². The fourth-order valence-corrected chi connectivity index (χ4v) is 2.60. The van der Waals surface area contributed by atoms with Gasteiger partial charge in [-0.25, -0.2) is 4.98 Å². The van der Waals surface area contributed by atoms with Crippen LogP contribution in [0.5, 0.6) is 11.6 Å². The molecule has 0 amide bonds. The molecule has 2 aromatic rings. The molecule has 17 heavy (non-hydrogen) atoms. The van der Waals surface area contributed by atoms with Crippen LogP contribution in [-0.2, 0) is 0 Å². The monoisotopic (exact) mass is 419 g/mol. The molecule has 0 aliphatic rings. The van der Waals surface area contributed by atoms with Crippen molar-refractivity contribution < 1.29 is 4.74 Å². The van der Waals surface area contributed by atoms with Crippen molar-refractivity contribution in [3.63, 3.8) is 0 Å². The van der Waals surface area contributed by atoms with Gasteiger partial charge in [-0.15, -0.1) is 0 Å². The van der Waals surface area contributed by atoms with Crippen molar-refractivity contribution in [2.24, 2.45) is 0 Å². The third kappa shape index (κ3) is 3.30. The van der Waals surface area contributed by atoms with E-state index in [-0.39, 0.29) is 0 Å². The quantitative estimate of drug-likeness (QED) is 0.641. The Labute approximate surface area is 125 Å². The van der Waals surface area contributed by atoms with E-state index in [0.29, 0.717) is 5.88 Å². The van der Waals surface area contributed by atoms with E-state index < -0.39 is 0 Å². The van der Waals surface area contributed by atoms with Crippen molar-refractivity contribution in [2.45, 2.75) is 6.92 Å². The summed E-state index contributed by atoms with van der Waals surface area (Å²) in [7, 11) is 0. The van der Waals surface area contributed by atoms with E-state index in [9.17, 15) is 0 Å². The van der Waals surface area contributed by atoms with Gasteiger partial charge in [0.25, 0.3) is 0 Å². The Balaban J connectivity index is 2.28. The number of nitrogens with zero attached hydrogens (tertiary/aromatic N) is 1. The summed E-state index contributed by atoms with van der Waals surface area (Å²) in [4.78, 5) is 4.33. The topological polar surface area (TPSA) is 22.1 Å². The van der Waals surface area contributed by atoms with Crippen LogP contribution in [0.1, 0.15) is 5.69 Å². The lowest BCUT2D eigenvalue weighted by atomic mass is 10.3. The standard InChI is InChI=1S/C12H8Br3NO/c1-7-9(14)3-5-12(16-7)17-11-4-2-8(13)6-10(11)15/h2-6H,1H3. The third-order valence-corrected chi connectivity index (χ3v) is 4.06. The van der Waals surface area contributed by atoms with Crippen molar-refractivity contribution in [2.75, 3.05) is 0 Å². The summed E-state index contributed by atoms with van der Waals surface area (Å²) in [5, 5.41) is 0. The van der Waals surface area contributed by atoms with Crippen molar-refractivity contribution in [3.8, 4) is 11.6 Å². The molecule has 1 aromatic carbocycles. The average Bonchev–Trinajstić information content (AvgIpc) is 2.27. The van der Waals surface area contributed by atoms with E-state index in [4.69, 9.17) is 4.74 Å². The fourth-order valence-electron chi connectivity index (χ4n) is 1.25. The van der Waals surface area contributed by atoms with Crippen LogP contribution < -0.4 is 4.74 Å². The molecule has 0 N–H and O–H groups in total. The van der Waals surface area contributed by atoms with E-state index in [0.717, 1.165) is 24.9 Å². The number of aromatic nitrogens is 1. The maximum atomic E-state index is 5.70. The second kappa shape index (κ2) is 5.50. The van der Waals surface area contributed by atoms with Gasteiger partial charge >= 0.3 is 0 Å². The van der Waals surface area contributed by atoms with E-state index >= 15 is 0 Å². The Morgan fingerprint density at radius 2 is 1.76 bits per heavy atom. The third-order valence-electron chi connectivity index (χ3n) is 2.10. The first-order valence-electron chi connectivity index (χ1n) is 4.82. The molecule has 5 heteroatoms. The van der Waals surface area contributed by atoms with Crippen LogP contribution in [0.3, 0.4) is 0 Å². The summed E-state index contributed by atoms with van der Waals surface area (Å²) in [6.45, 7) is 1.92. The van der Waals surface area contributed by atoms with Crippen molar-refractivity contribution in [3.05, 3.63) is 49.4 Å². The molecule has 0 aliphatic carbocycles. The number of hydrogen-bond donors (Lipinski definition) is 0. The van der Waals surface area contributed by atoms with Crippen LogP contribution >= 0.6 is 47.8 Å². The Hall–Kier alpha value is -0.390. The molecule has 0 saturated heterocycles. The largest absolute Gasteiger partial charge is 0.438 e. The molecule has 0 spiro atoms. The molecule has 0 bridgehead atoms. The minimum atomic E-state index is 0.578. The number of aryl methyl sites for hydroxylation is 1. The molecule has 0 fully saturated rings. The molecule has 0 aliphatic heterocycles. The minimum Gasteiger partial charge on any atom is -0.438 e. The van der Waals surface area contributed by atoms with Gasteiger partial charge in [-0.3, -0.25) is 0 Å². The van der Waals surface area contributed by atoms with Gasteiger partial charge in [-0.05, 0) is 63.0 Å². The first-order valence-corrected chi connectivity index (χ1v) is 7.20. The molecule has 88 valence electrons. The predicted octanol–water partition coefficient (Wildman–Crippen LogP) is 5.47. The summed E-state index contributed by atoms with van der Waals surface area (Å²) in [5.74, 6) is 1.32. The van der Waals surface area contributed by atoms with E-state index in [1.165, 1.54) is 0 Å². The Kier molecular flexibility index (Phi) is 4.22. The highest BCUT2D eigenvalue weighted by molar-refractivity contribution is 9.11. The van der Waals surface area contributed by atoms with Gasteiger partial charge in [0, 0.05) is 15.0 Å². The molecule has 0 saturated carbocycles. The maximum absolute atomic E-state index is 5.70. The molecule has 1 aromatic heterocycles. The van der Waals surface area contributed by atoms with Crippen LogP contribution in [0.2, 0.25) is 0 Å². The van der Waals surface area contributed by atoms with Crippen molar-refractivity contribution >= 4 is 47.8 Å². The number of hydrogen-bond acceptors (Lipinski definition) is 2. The highest BCUT2D eigenvalue weighted by Crippen LogP contribution is 2.31. The summed E-state index contributed by atoms with van der Waals surface area (Å²) in [5.41, 5.74) is 0.899. The van der Waals surface area contributed by atoms with Gasteiger partial charge in [-0.1, -0.05) is 15.9 Å². The normalized spacial score (nSPS) is 10.4. The molecular formula is C12H8Br3NO. The van der Waals surface area contributed by atoms with Gasteiger partial charge < -0.3 is 4.74 Å². The van der Waals surface area contributed by atoms with E-state index in [1.54, 1.807) is 0 Å². The van der Waals surface area contributed by atoms with Crippen LogP contribution in [0.15, 0.2) is 43.7 Å². The lowest BCUT2D eigenvalue weighted by Crippen LogP contribution is -1.91.